The van der Waals surface area contributed by atoms with Crippen molar-refractivity contribution >= 4 is 15.8 Å². The summed E-state index contributed by atoms with van der Waals surface area (Å²) in [6.07, 6.45) is 3.54. The van der Waals surface area contributed by atoms with E-state index < -0.39 is 10.0 Å². The summed E-state index contributed by atoms with van der Waals surface area (Å²) in [5, 5.41) is 3.13. The Kier molecular flexibility index (Phi) is 5.52. The molecular formula is C18H22N6O2S. The number of imidazole rings is 1. The second kappa shape index (κ2) is 7.85. The normalized spacial score (nSPS) is 11.5. The van der Waals surface area contributed by atoms with Gasteiger partial charge in [0, 0.05) is 31.5 Å². The molecular weight excluding hydrogens is 364 g/mol. The zero-order valence-corrected chi connectivity index (χ0v) is 16.3. The van der Waals surface area contributed by atoms with Gasteiger partial charge in [0.15, 0.2) is 0 Å². The number of anilines is 1. The number of hydrogen-bond donors (Lipinski definition) is 2. The molecule has 2 aromatic heterocycles. The van der Waals surface area contributed by atoms with Gasteiger partial charge in [-0.3, -0.25) is 4.57 Å². The molecule has 0 aliphatic heterocycles. The highest BCUT2D eigenvalue weighted by Crippen LogP contribution is 2.13. The molecule has 3 rings (SSSR count). The number of rotatable bonds is 7. The maximum absolute atomic E-state index is 12.3. The summed E-state index contributed by atoms with van der Waals surface area (Å²) in [6, 6.07) is 8.54. The fourth-order valence-corrected chi connectivity index (χ4v) is 3.59. The van der Waals surface area contributed by atoms with Gasteiger partial charge < -0.3 is 5.32 Å². The number of nitrogens with one attached hydrogen (secondary N) is 2. The minimum absolute atomic E-state index is 0.235. The van der Waals surface area contributed by atoms with Gasteiger partial charge in [-0.25, -0.2) is 28.1 Å². The maximum Gasteiger partial charge on any atom is 0.240 e. The van der Waals surface area contributed by atoms with Gasteiger partial charge in [0.2, 0.25) is 10.0 Å². The Morgan fingerprint density at radius 3 is 2.44 bits per heavy atom. The van der Waals surface area contributed by atoms with Gasteiger partial charge >= 0.3 is 0 Å². The van der Waals surface area contributed by atoms with Crippen molar-refractivity contribution in [2.75, 3.05) is 18.4 Å². The molecule has 0 saturated carbocycles. The van der Waals surface area contributed by atoms with Gasteiger partial charge in [-0.2, -0.15) is 0 Å². The van der Waals surface area contributed by atoms with E-state index in [2.05, 4.69) is 25.0 Å². The van der Waals surface area contributed by atoms with E-state index in [9.17, 15) is 8.42 Å². The maximum atomic E-state index is 12.3. The third-order valence-corrected chi connectivity index (χ3v) is 5.43. The van der Waals surface area contributed by atoms with Crippen molar-refractivity contribution in [3.05, 3.63) is 59.9 Å². The predicted octanol–water partition coefficient (Wildman–Crippen LogP) is 1.98. The van der Waals surface area contributed by atoms with Crippen molar-refractivity contribution in [2.45, 2.75) is 25.7 Å². The van der Waals surface area contributed by atoms with Crippen LogP contribution in [0.3, 0.4) is 0 Å². The van der Waals surface area contributed by atoms with Crippen LogP contribution >= 0.6 is 0 Å². The monoisotopic (exact) mass is 386 g/mol. The number of aromatic nitrogens is 4. The van der Waals surface area contributed by atoms with Crippen LogP contribution in [0.25, 0.3) is 5.82 Å². The lowest BCUT2D eigenvalue weighted by molar-refractivity contribution is 0.583. The van der Waals surface area contributed by atoms with Gasteiger partial charge in [0.1, 0.15) is 23.3 Å². The van der Waals surface area contributed by atoms with Gasteiger partial charge in [-0.1, -0.05) is 17.7 Å². The molecule has 0 saturated heterocycles. The minimum Gasteiger partial charge on any atom is -0.369 e. The highest BCUT2D eigenvalue weighted by atomic mass is 32.2. The number of aryl methyl sites for hydroxylation is 3. The lowest BCUT2D eigenvalue weighted by atomic mass is 10.2. The Morgan fingerprint density at radius 2 is 1.78 bits per heavy atom. The van der Waals surface area contributed by atoms with E-state index in [0.29, 0.717) is 24.0 Å². The lowest BCUT2D eigenvalue weighted by Gasteiger charge is -2.11. The molecule has 0 aliphatic carbocycles. The molecule has 2 heterocycles. The summed E-state index contributed by atoms with van der Waals surface area (Å²) in [5.74, 6) is 2.77. The summed E-state index contributed by atoms with van der Waals surface area (Å²) in [7, 11) is -3.52. The molecule has 142 valence electrons. The molecule has 9 heteroatoms. The van der Waals surface area contributed by atoms with Crippen molar-refractivity contribution in [2.24, 2.45) is 0 Å². The van der Waals surface area contributed by atoms with Gasteiger partial charge in [-0.05, 0) is 32.9 Å². The van der Waals surface area contributed by atoms with E-state index in [4.69, 9.17) is 0 Å². The van der Waals surface area contributed by atoms with Gasteiger partial charge in [0.05, 0.1) is 4.90 Å². The Bertz CT molecular complexity index is 1030. The van der Waals surface area contributed by atoms with Crippen LogP contribution in [-0.4, -0.2) is 41.0 Å². The second-order valence-corrected chi connectivity index (χ2v) is 7.91. The van der Waals surface area contributed by atoms with E-state index in [1.165, 1.54) is 0 Å². The number of nitrogens with zero attached hydrogens (tertiary/aromatic N) is 4. The van der Waals surface area contributed by atoms with Crippen molar-refractivity contribution in [3.63, 3.8) is 0 Å². The van der Waals surface area contributed by atoms with Crippen LogP contribution in [0.4, 0.5) is 5.82 Å². The molecule has 3 aromatic rings. The molecule has 0 amide bonds. The summed E-state index contributed by atoms with van der Waals surface area (Å²) in [5.41, 5.74) is 1.01. The zero-order chi connectivity index (χ0) is 19.4. The van der Waals surface area contributed by atoms with Crippen LogP contribution in [0.2, 0.25) is 0 Å². The number of hydrogen-bond acceptors (Lipinski definition) is 6. The molecule has 8 nitrogen and oxygen atoms in total. The Balaban J connectivity index is 1.61. The second-order valence-electron chi connectivity index (χ2n) is 6.14. The first-order valence-electron chi connectivity index (χ1n) is 8.51. The highest BCUT2D eigenvalue weighted by Gasteiger charge is 2.12. The van der Waals surface area contributed by atoms with E-state index in [-0.39, 0.29) is 11.4 Å². The molecule has 0 radical (unpaired) electrons. The van der Waals surface area contributed by atoms with E-state index in [1.54, 1.807) is 43.5 Å². The number of sulfonamides is 1. The molecule has 0 spiro atoms. The van der Waals surface area contributed by atoms with Crippen LogP contribution in [-0.2, 0) is 10.0 Å². The average molecular weight is 386 g/mol. The van der Waals surface area contributed by atoms with Crippen LogP contribution in [0.1, 0.15) is 17.2 Å². The van der Waals surface area contributed by atoms with Gasteiger partial charge in [-0.15, -0.1) is 0 Å². The molecule has 0 bridgehead atoms. The third-order valence-electron chi connectivity index (χ3n) is 3.95. The van der Waals surface area contributed by atoms with Crippen LogP contribution in [0, 0.1) is 20.8 Å². The first-order valence-corrected chi connectivity index (χ1v) is 10.00. The largest absolute Gasteiger partial charge is 0.369 e. The van der Waals surface area contributed by atoms with Crippen molar-refractivity contribution in [1.29, 1.82) is 0 Å². The molecule has 1 aromatic carbocycles. The predicted molar refractivity (Wildman–Crippen MR) is 103 cm³/mol. The summed E-state index contributed by atoms with van der Waals surface area (Å²) in [4.78, 5) is 13.2. The smallest absolute Gasteiger partial charge is 0.240 e. The summed E-state index contributed by atoms with van der Waals surface area (Å²) in [6.45, 7) is 6.24. The highest BCUT2D eigenvalue weighted by molar-refractivity contribution is 7.89. The lowest BCUT2D eigenvalue weighted by Crippen LogP contribution is -2.29. The van der Waals surface area contributed by atoms with Crippen molar-refractivity contribution in [1.82, 2.24) is 24.2 Å². The fourth-order valence-electron chi connectivity index (χ4n) is 2.56. The zero-order valence-electron chi connectivity index (χ0n) is 15.5. The van der Waals surface area contributed by atoms with E-state index in [0.717, 1.165) is 11.4 Å². The summed E-state index contributed by atoms with van der Waals surface area (Å²) < 4.78 is 29.0. The average Bonchev–Trinajstić information content (AvgIpc) is 3.05. The number of benzene rings is 1. The van der Waals surface area contributed by atoms with Crippen molar-refractivity contribution < 1.29 is 8.42 Å². The molecule has 0 atom stereocenters. The van der Waals surface area contributed by atoms with E-state index in [1.807, 2.05) is 24.6 Å². The van der Waals surface area contributed by atoms with Crippen LogP contribution < -0.4 is 10.0 Å². The molecule has 0 unspecified atom stereocenters. The molecule has 0 fully saturated rings. The first kappa shape index (κ1) is 19.0. The van der Waals surface area contributed by atoms with Gasteiger partial charge in [0.25, 0.3) is 0 Å². The quantitative estimate of drug-likeness (QED) is 0.602. The Morgan fingerprint density at radius 1 is 1.04 bits per heavy atom. The fraction of sp³-hybridized carbons (Fsp3) is 0.278. The Hall–Kier alpha value is -2.78. The van der Waals surface area contributed by atoms with E-state index >= 15 is 0 Å². The first-order chi connectivity index (χ1) is 12.8. The van der Waals surface area contributed by atoms with Crippen LogP contribution in [0.15, 0.2) is 47.6 Å². The Labute approximate surface area is 158 Å². The molecule has 27 heavy (non-hydrogen) atoms. The SMILES string of the molecule is Cc1ccc(S(=O)(=O)NCCNc2cc(-n3ccnc3C)nc(C)n2)cc1. The molecule has 0 aliphatic rings. The third kappa shape index (κ3) is 4.69. The summed E-state index contributed by atoms with van der Waals surface area (Å²) >= 11 is 0. The molecule has 2 N–H and O–H groups in total. The standard InChI is InChI=1S/C18H22N6O2S/c1-13-4-6-16(7-5-13)27(25,26)21-9-8-20-17-12-18(23-14(2)22-17)24-11-10-19-15(24)3/h4-7,10-12,21H,8-9H2,1-3H3,(H,20,22,23). The van der Waals surface area contributed by atoms with Crippen LogP contribution in [0.5, 0.6) is 0 Å². The topological polar surface area (TPSA) is 102 Å². The minimum atomic E-state index is -3.52. The van der Waals surface area contributed by atoms with Crippen molar-refractivity contribution in [3.8, 4) is 5.82 Å².